The molecule has 0 saturated heterocycles. The number of benzene rings is 2. The van der Waals surface area contributed by atoms with Gasteiger partial charge in [-0.05, 0) is 44.8 Å². The van der Waals surface area contributed by atoms with E-state index in [2.05, 4.69) is 15.4 Å². The molecule has 0 amide bonds. The summed E-state index contributed by atoms with van der Waals surface area (Å²) in [5.74, 6) is 0.938. The number of fused-ring (bicyclic) bond motifs is 1. The first-order chi connectivity index (χ1) is 21.5. The Balaban J connectivity index is 1.63. The van der Waals surface area contributed by atoms with Gasteiger partial charge in [-0.2, -0.15) is 5.10 Å². The van der Waals surface area contributed by atoms with Crippen molar-refractivity contribution in [2.75, 3.05) is 40.2 Å². The van der Waals surface area contributed by atoms with E-state index in [-0.39, 0.29) is 38.1 Å². The number of nitrogens with zero attached hydrogens (tertiary/aromatic N) is 6. The summed E-state index contributed by atoms with van der Waals surface area (Å²) < 4.78 is 14.1. The van der Waals surface area contributed by atoms with Gasteiger partial charge in [0, 0.05) is 60.7 Å². The maximum Gasteiger partial charge on any atom is 0.293 e. The molecule has 0 bridgehead atoms. The van der Waals surface area contributed by atoms with Crippen molar-refractivity contribution < 1.29 is 14.4 Å². The number of aromatic nitrogens is 4. The number of nitro benzene ring substituents is 1. The van der Waals surface area contributed by atoms with E-state index in [4.69, 9.17) is 32.7 Å². The first kappa shape index (κ1) is 31.8. The summed E-state index contributed by atoms with van der Waals surface area (Å²) in [7, 11) is 8.62. The molecule has 45 heavy (non-hydrogen) atoms. The van der Waals surface area contributed by atoms with Crippen molar-refractivity contribution in [2.45, 2.75) is 13.0 Å². The number of hydrogen-bond donors (Lipinski definition) is 1. The number of hydrogen-bond acceptors (Lipinski definition) is 9. The summed E-state index contributed by atoms with van der Waals surface area (Å²) in [5, 5.41) is 20.2. The van der Waals surface area contributed by atoms with Crippen molar-refractivity contribution in [3.63, 3.8) is 0 Å². The van der Waals surface area contributed by atoms with Gasteiger partial charge in [0.2, 0.25) is 0 Å². The van der Waals surface area contributed by atoms with E-state index in [1.807, 2.05) is 19.0 Å². The van der Waals surface area contributed by atoms with Gasteiger partial charge in [0.15, 0.2) is 0 Å². The van der Waals surface area contributed by atoms with Crippen LogP contribution in [0.4, 0.5) is 17.2 Å². The Hall–Kier alpha value is -4.65. The molecule has 0 unspecified atom stereocenters. The van der Waals surface area contributed by atoms with Gasteiger partial charge < -0.3 is 24.3 Å². The highest BCUT2D eigenvalue weighted by molar-refractivity contribution is 6.41. The lowest BCUT2D eigenvalue weighted by atomic mass is 10.0. The molecule has 5 aromatic rings. The van der Waals surface area contributed by atoms with E-state index in [1.165, 1.54) is 20.3 Å². The standard InChI is InChI=1S/C31H31Cl2N7O5/c1-37(2)9-6-10-39-23-13-27(36-22-8-7-18(12-24(22)40(42)43)20-16-35-38(3)17-20)34-15-19(23)11-21(31(39)41)28-29(32)25(44-4)14-26(45-5)30(28)33/h7-8,11-17H,6,9-10H2,1-5H3,(H,34,36). The van der Waals surface area contributed by atoms with E-state index in [1.54, 1.807) is 65.2 Å². The fraction of sp³-hybridized carbons (Fsp3) is 0.258. The zero-order valence-corrected chi connectivity index (χ0v) is 26.8. The Morgan fingerprint density at radius 3 is 2.33 bits per heavy atom. The molecule has 0 atom stereocenters. The summed E-state index contributed by atoms with van der Waals surface area (Å²) in [5.41, 5.74) is 2.31. The normalized spacial score (nSPS) is 11.3. The van der Waals surface area contributed by atoms with Gasteiger partial charge in [0.1, 0.15) is 23.0 Å². The Bertz CT molecular complexity index is 1940. The van der Waals surface area contributed by atoms with E-state index < -0.39 is 4.92 Å². The lowest BCUT2D eigenvalue weighted by Gasteiger charge is -2.18. The minimum Gasteiger partial charge on any atom is -0.495 e. The van der Waals surface area contributed by atoms with Crippen LogP contribution in [0.3, 0.4) is 0 Å². The SMILES string of the molecule is COc1cc(OC)c(Cl)c(-c2cc3cnc(Nc4ccc(-c5cnn(C)c5)cc4[N+](=O)[O-])cc3n(CCCN(C)C)c2=O)c1Cl. The number of anilines is 2. The predicted molar refractivity (Wildman–Crippen MR) is 176 cm³/mol. The van der Waals surface area contributed by atoms with Crippen LogP contribution < -0.4 is 20.3 Å². The van der Waals surface area contributed by atoms with E-state index in [0.717, 1.165) is 12.1 Å². The highest BCUT2D eigenvalue weighted by atomic mass is 35.5. The fourth-order valence-corrected chi connectivity index (χ4v) is 5.79. The Morgan fingerprint density at radius 1 is 1.02 bits per heavy atom. The third-order valence-electron chi connectivity index (χ3n) is 7.30. The van der Waals surface area contributed by atoms with Crippen LogP contribution in [0.1, 0.15) is 6.42 Å². The second-order valence-electron chi connectivity index (χ2n) is 10.6. The van der Waals surface area contributed by atoms with Crippen LogP contribution in [0.15, 0.2) is 59.8 Å². The molecule has 0 aliphatic heterocycles. The molecule has 0 aliphatic carbocycles. The van der Waals surface area contributed by atoms with Gasteiger partial charge in [0.25, 0.3) is 11.2 Å². The number of ether oxygens (including phenoxy) is 2. The third-order valence-corrected chi connectivity index (χ3v) is 8.05. The van der Waals surface area contributed by atoms with E-state index in [0.29, 0.717) is 46.7 Å². The van der Waals surface area contributed by atoms with Crippen LogP contribution in [0.5, 0.6) is 11.5 Å². The van der Waals surface area contributed by atoms with E-state index >= 15 is 0 Å². The molecule has 3 heterocycles. The number of halogens is 2. The van der Waals surface area contributed by atoms with Crippen LogP contribution in [0.2, 0.25) is 10.0 Å². The zero-order chi connectivity index (χ0) is 32.4. The van der Waals surface area contributed by atoms with Gasteiger partial charge >= 0.3 is 0 Å². The van der Waals surface area contributed by atoms with Gasteiger partial charge in [0.05, 0.1) is 46.5 Å². The molecule has 234 valence electrons. The minimum atomic E-state index is -0.456. The monoisotopic (exact) mass is 651 g/mol. The Kier molecular flexibility index (Phi) is 9.28. The molecular weight excluding hydrogens is 621 g/mol. The lowest BCUT2D eigenvalue weighted by Crippen LogP contribution is -2.25. The van der Waals surface area contributed by atoms with Crippen LogP contribution in [0.25, 0.3) is 33.2 Å². The number of rotatable bonds is 11. The van der Waals surface area contributed by atoms with Crippen LogP contribution >= 0.6 is 23.2 Å². The summed E-state index contributed by atoms with van der Waals surface area (Å²) in [6.07, 6.45) is 5.69. The average Bonchev–Trinajstić information content (AvgIpc) is 3.45. The summed E-state index contributed by atoms with van der Waals surface area (Å²) in [6.45, 7) is 1.11. The highest BCUT2D eigenvalue weighted by Crippen LogP contribution is 2.45. The molecule has 3 aromatic heterocycles. The van der Waals surface area contributed by atoms with Crippen LogP contribution in [-0.4, -0.2) is 64.0 Å². The second kappa shape index (κ2) is 13.1. The summed E-state index contributed by atoms with van der Waals surface area (Å²) in [6, 6.07) is 9.82. The number of nitrogens with one attached hydrogen (secondary N) is 1. The molecule has 2 aromatic carbocycles. The first-order valence-electron chi connectivity index (χ1n) is 13.9. The molecule has 12 nitrogen and oxygen atoms in total. The van der Waals surface area contributed by atoms with Crippen molar-refractivity contribution in [2.24, 2.45) is 7.05 Å². The molecule has 0 radical (unpaired) electrons. The van der Waals surface area contributed by atoms with Gasteiger partial charge in [-0.15, -0.1) is 0 Å². The largest absolute Gasteiger partial charge is 0.495 e. The van der Waals surface area contributed by atoms with Crippen molar-refractivity contribution in [1.29, 1.82) is 0 Å². The number of methoxy groups -OCH3 is 2. The highest BCUT2D eigenvalue weighted by Gasteiger charge is 2.23. The van der Waals surface area contributed by atoms with Gasteiger partial charge in [-0.1, -0.05) is 29.3 Å². The van der Waals surface area contributed by atoms with E-state index in [9.17, 15) is 14.9 Å². The molecule has 0 aliphatic rings. The summed E-state index contributed by atoms with van der Waals surface area (Å²) >= 11 is 13.4. The van der Waals surface area contributed by atoms with Gasteiger partial charge in [-0.25, -0.2) is 4.98 Å². The van der Waals surface area contributed by atoms with Crippen molar-refractivity contribution >= 4 is 51.3 Å². The number of nitro groups is 1. The van der Waals surface area contributed by atoms with Crippen molar-refractivity contribution in [3.8, 4) is 33.8 Å². The third kappa shape index (κ3) is 6.44. The Morgan fingerprint density at radius 2 is 1.73 bits per heavy atom. The quantitative estimate of drug-likeness (QED) is 0.127. The minimum absolute atomic E-state index is 0.131. The predicted octanol–water partition coefficient (Wildman–Crippen LogP) is 6.39. The number of aryl methyl sites for hydroxylation is 2. The fourth-order valence-electron chi connectivity index (χ4n) is 5.09. The van der Waals surface area contributed by atoms with Crippen molar-refractivity contribution in [3.05, 3.63) is 85.5 Å². The molecule has 1 N–H and O–H groups in total. The smallest absolute Gasteiger partial charge is 0.293 e. The molecule has 0 saturated carbocycles. The second-order valence-corrected chi connectivity index (χ2v) is 11.4. The number of pyridine rings is 2. The molecule has 14 heteroatoms. The molecule has 0 fully saturated rings. The average molecular weight is 653 g/mol. The maximum atomic E-state index is 14.2. The molecular formula is C31H31Cl2N7O5. The van der Waals surface area contributed by atoms with Gasteiger partial charge in [-0.3, -0.25) is 19.6 Å². The lowest BCUT2D eigenvalue weighted by molar-refractivity contribution is -0.383. The maximum absolute atomic E-state index is 14.2. The van der Waals surface area contributed by atoms with Crippen LogP contribution in [0, 0.1) is 10.1 Å². The zero-order valence-electron chi connectivity index (χ0n) is 25.3. The van der Waals surface area contributed by atoms with Crippen LogP contribution in [-0.2, 0) is 13.6 Å². The van der Waals surface area contributed by atoms with Crippen molar-refractivity contribution in [1.82, 2.24) is 24.2 Å². The Labute approximate surface area is 268 Å². The summed E-state index contributed by atoms with van der Waals surface area (Å²) in [4.78, 5) is 32.3. The topological polar surface area (TPSA) is 130 Å². The molecule has 0 spiro atoms. The molecule has 5 rings (SSSR count). The first-order valence-corrected chi connectivity index (χ1v) is 14.6.